The topological polar surface area (TPSA) is 106 Å². The van der Waals surface area contributed by atoms with Gasteiger partial charge in [0.15, 0.2) is 0 Å². The number of aliphatic carboxylic acids is 1. The highest BCUT2D eigenvalue weighted by molar-refractivity contribution is 7.89. The number of para-hydroxylation sites is 1. The Balaban J connectivity index is 1.35. The normalized spacial score (nSPS) is 24.0. The van der Waals surface area contributed by atoms with Crippen molar-refractivity contribution in [2.75, 3.05) is 7.11 Å². The zero-order valence-electron chi connectivity index (χ0n) is 21.6. The SMILES string of the molecule is COc1cc2c(cc1S(=O)(=O)N[C@@H]1[C@@H]3CC[C@@H](C3)[C@H]1C/C=C\CCC(C)(C)C(=O)O)oc1ccccc12. The molecule has 1 heterocycles. The van der Waals surface area contributed by atoms with Crippen LogP contribution in [0.1, 0.15) is 52.4 Å². The second-order valence-electron chi connectivity index (χ2n) is 11.2. The number of furan rings is 1. The number of benzene rings is 2. The van der Waals surface area contributed by atoms with Crippen molar-refractivity contribution in [1.82, 2.24) is 4.72 Å². The Morgan fingerprint density at radius 1 is 1.14 bits per heavy atom. The molecule has 2 aliphatic carbocycles. The Labute approximate surface area is 217 Å². The predicted octanol–water partition coefficient (Wildman–Crippen LogP) is 6.12. The van der Waals surface area contributed by atoms with E-state index in [1.165, 1.54) is 7.11 Å². The summed E-state index contributed by atoms with van der Waals surface area (Å²) in [5, 5.41) is 11.0. The molecule has 1 aromatic heterocycles. The van der Waals surface area contributed by atoms with E-state index < -0.39 is 21.4 Å². The first-order valence-electron chi connectivity index (χ1n) is 13.0. The standard InChI is InChI=1S/C29H35NO6S/c1-29(2,28(31)32)14-8-4-5-9-20-18-12-13-19(15-18)27(20)30-37(33,34)26-17-24-22(16-25(26)35-3)21-10-6-7-11-23(21)36-24/h4-7,10-11,16-20,27,30H,8-9,12-15H2,1-3H3,(H,31,32)/b5-4-/t18-,19+,20+,27+/m0/s1. The van der Waals surface area contributed by atoms with Gasteiger partial charge < -0.3 is 14.3 Å². The van der Waals surface area contributed by atoms with Crippen LogP contribution in [0.5, 0.6) is 5.75 Å². The van der Waals surface area contributed by atoms with Crippen LogP contribution >= 0.6 is 0 Å². The fourth-order valence-corrected chi connectivity index (χ4v) is 7.72. The molecule has 7 nitrogen and oxygen atoms in total. The molecular formula is C29H35NO6S. The Kier molecular flexibility index (Phi) is 6.83. The molecule has 0 radical (unpaired) electrons. The maximum absolute atomic E-state index is 13.7. The molecule has 3 aromatic rings. The first kappa shape index (κ1) is 25.8. The molecular weight excluding hydrogens is 490 g/mol. The van der Waals surface area contributed by atoms with Crippen LogP contribution < -0.4 is 9.46 Å². The highest BCUT2D eigenvalue weighted by Crippen LogP contribution is 2.50. The lowest BCUT2D eigenvalue weighted by molar-refractivity contribution is -0.147. The van der Waals surface area contributed by atoms with Gasteiger partial charge in [-0.15, -0.1) is 0 Å². The number of allylic oxidation sites excluding steroid dienone is 2. The zero-order valence-corrected chi connectivity index (χ0v) is 22.4. The van der Waals surface area contributed by atoms with E-state index in [4.69, 9.17) is 9.15 Å². The summed E-state index contributed by atoms with van der Waals surface area (Å²) < 4.78 is 41.9. The van der Waals surface area contributed by atoms with Crippen molar-refractivity contribution in [2.45, 2.75) is 63.3 Å². The van der Waals surface area contributed by atoms with Crippen LogP contribution in [-0.2, 0) is 14.8 Å². The molecule has 4 atom stereocenters. The summed E-state index contributed by atoms with van der Waals surface area (Å²) in [4.78, 5) is 11.4. The Morgan fingerprint density at radius 3 is 2.65 bits per heavy atom. The second kappa shape index (κ2) is 9.80. The summed E-state index contributed by atoms with van der Waals surface area (Å²) in [7, 11) is -2.37. The van der Waals surface area contributed by atoms with Crippen molar-refractivity contribution in [3.8, 4) is 5.75 Å². The average molecular weight is 526 g/mol. The van der Waals surface area contributed by atoms with Crippen LogP contribution in [0.4, 0.5) is 0 Å². The maximum atomic E-state index is 13.7. The van der Waals surface area contributed by atoms with E-state index >= 15 is 0 Å². The van der Waals surface area contributed by atoms with Gasteiger partial charge in [0, 0.05) is 22.9 Å². The monoisotopic (exact) mass is 525 g/mol. The third kappa shape index (κ3) is 4.89. The Hall–Kier alpha value is -2.84. The van der Waals surface area contributed by atoms with Gasteiger partial charge in [0.1, 0.15) is 21.8 Å². The van der Waals surface area contributed by atoms with Crippen molar-refractivity contribution >= 4 is 37.9 Å². The predicted molar refractivity (Wildman–Crippen MR) is 143 cm³/mol. The van der Waals surface area contributed by atoms with Gasteiger partial charge in [0.05, 0.1) is 12.5 Å². The van der Waals surface area contributed by atoms with E-state index in [0.29, 0.717) is 41.6 Å². The fraction of sp³-hybridized carbons (Fsp3) is 0.483. The number of methoxy groups -OCH3 is 1. The number of carboxylic acids is 1. The number of hydrogen-bond acceptors (Lipinski definition) is 5. The van der Waals surface area contributed by atoms with E-state index in [1.807, 2.05) is 30.3 Å². The van der Waals surface area contributed by atoms with Gasteiger partial charge in [0.25, 0.3) is 0 Å². The van der Waals surface area contributed by atoms with Crippen molar-refractivity contribution in [1.29, 1.82) is 0 Å². The molecule has 0 aliphatic heterocycles. The van der Waals surface area contributed by atoms with E-state index in [9.17, 15) is 18.3 Å². The molecule has 198 valence electrons. The fourth-order valence-electron chi connectivity index (χ4n) is 6.20. The van der Waals surface area contributed by atoms with Crippen LogP contribution in [0.25, 0.3) is 21.9 Å². The minimum Gasteiger partial charge on any atom is -0.495 e. The van der Waals surface area contributed by atoms with Gasteiger partial charge in [-0.2, -0.15) is 0 Å². The van der Waals surface area contributed by atoms with Crippen LogP contribution in [0.3, 0.4) is 0 Å². The van der Waals surface area contributed by atoms with Gasteiger partial charge in [-0.05, 0) is 82.3 Å². The molecule has 8 heteroatoms. The van der Waals surface area contributed by atoms with Crippen molar-refractivity contribution in [3.63, 3.8) is 0 Å². The Morgan fingerprint density at radius 2 is 1.89 bits per heavy atom. The van der Waals surface area contributed by atoms with Crippen molar-refractivity contribution in [2.24, 2.45) is 23.2 Å². The lowest BCUT2D eigenvalue weighted by atomic mass is 9.82. The molecule has 0 saturated heterocycles. The second-order valence-corrected chi connectivity index (χ2v) is 12.9. The number of fused-ring (bicyclic) bond motifs is 5. The largest absolute Gasteiger partial charge is 0.495 e. The first-order chi connectivity index (χ1) is 17.6. The molecule has 2 bridgehead atoms. The molecule has 0 spiro atoms. The summed E-state index contributed by atoms with van der Waals surface area (Å²) >= 11 is 0. The number of hydrogen-bond donors (Lipinski definition) is 2. The third-order valence-electron chi connectivity index (χ3n) is 8.42. The number of carbonyl (C=O) groups is 1. The lowest BCUT2D eigenvalue weighted by Crippen LogP contribution is -2.43. The number of nitrogens with one attached hydrogen (secondary N) is 1. The molecule has 2 aromatic carbocycles. The molecule has 2 N–H and O–H groups in total. The highest BCUT2D eigenvalue weighted by Gasteiger charge is 2.48. The molecule has 0 amide bonds. The quantitative estimate of drug-likeness (QED) is 0.309. The van der Waals surface area contributed by atoms with E-state index in [2.05, 4.69) is 10.8 Å². The van der Waals surface area contributed by atoms with Gasteiger partial charge >= 0.3 is 5.97 Å². The van der Waals surface area contributed by atoms with Crippen molar-refractivity contribution in [3.05, 3.63) is 48.6 Å². The third-order valence-corrected chi connectivity index (χ3v) is 9.90. The summed E-state index contributed by atoms with van der Waals surface area (Å²) in [5.74, 6) is 0.549. The van der Waals surface area contributed by atoms with Gasteiger partial charge in [0.2, 0.25) is 10.0 Å². The minimum absolute atomic E-state index is 0.0922. The molecule has 2 fully saturated rings. The van der Waals surface area contributed by atoms with Crippen LogP contribution in [0.15, 0.2) is 57.9 Å². The lowest BCUT2D eigenvalue weighted by Gasteiger charge is -2.31. The molecule has 2 aliphatic rings. The van der Waals surface area contributed by atoms with Crippen molar-refractivity contribution < 1.29 is 27.5 Å². The minimum atomic E-state index is -3.86. The van der Waals surface area contributed by atoms with Crippen LogP contribution in [0.2, 0.25) is 0 Å². The number of sulfonamides is 1. The van der Waals surface area contributed by atoms with Gasteiger partial charge in [-0.25, -0.2) is 13.1 Å². The number of ether oxygens (including phenoxy) is 1. The van der Waals surface area contributed by atoms with E-state index in [1.54, 1.807) is 26.0 Å². The number of rotatable bonds is 10. The zero-order chi connectivity index (χ0) is 26.4. The van der Waals surface area contributed by atoms with E-state index in [-0.39, 0.29) is 16.9 Å². The summed E-state index contributed by atoms with van der Waals surface area (Å²) in [6, 6.07) is 10.8. The van der Waals surface area contributed by atoms with Crippen LogP contribution in [0, 0.1) is 23.2 Å². The molecule has 0 unspecified atom stereocenters. The summed E-state index contributed by atoms with van der Waals surface area (Å²) in [5.41, 5.74) is 0.461. The smallest absolute Gasteiger partial charge is 0.309 e. The Bertz CT molecular complexity index is 1450. The molecule has 2 saturated carbocycles. The van der Waals surface area contributed by atoms with Gasteiger partial charge in [-0.3, -0.25) is 4.79 Å². The summed E-state index contributed by atoms with van der Waals surface area (Å²) in [6.45, 7) is 3.47. The first-order valence-corrected chi connectivity index (χ1v) is 14.5. The summed E-state index contributed by atoms with van der Waals surface area (Å²) in [6.07, 6.45) is 9.37. The average Bonchev–Trinajstić information content (AvgIpc) is 3.56. The van der Waals surface area contributed by atoms with Gasteiger partial charge in [-0.1, -0.05) is 30.4 Å². The number of carboxylic acid groups (broad SMARTS) is 1. The van der Waals surface area contributed by atoms with Crippen LogP contribution in [-0.4, -0.2) is 32.6 Å². The molecule has 37 heavy (non-hydrogen) atoms. The van der Waals surface area contributed by atoms with E-state index in [0.717, 1.165) is 36.5 Å². The maximum Gasteiger partial charge on any atom is 0.309 e. The molecule has 5 rings (SSSR count). The highest BCUT2D eigenvalue weighted by atomic mass is 32.2.